The van der Waals surface area contributed by atoms with Crippen LogP contribution in [0.2, 0.25) is 0 Å². The van der Waals surface area contributed by atoms with E-state index in [1.54, 1.807) is 12.1 Å². The summed E-state index contributed by atoms with van der Waals surface area (Å²) in [7, 11) is 0. The fourth-order valence-electron chi connectivity index (χ4n) is 2.14. The molecule has 0 spiro atoms. The van der Waals surface area contributed by atoms with E-state index in [9.17, 15) is 13.9 Å². The van der Waals surface area contributed by atoms with Crippen molar-refractivity contribution in [2.75, 3.05) is 6.61 Å². The molecule has 0 bridgehead atoms. The Kier molecular flexibility index (Phi) is 2.07. The van der Waals surface area contributed by atoms with Crippen LogP contribution in [0.4, 0.5) is 8.78 Å². The topological polar surface area (TPSA) is 20.2 Å². The number of aliphatic hydroxyl groups is 1. The van der Waals surface area contributed by atoms with E-state index >= 15 is 0 Å². The van der Waals surface area contributed by atoms with Gasteiger partial charge in [0.15, 0.2) is 0 Å². The van der Waals surface area contributed by atoms with Gasteiger partial charge in [0.05, 0.1) is 6.61 Å². The van der Waals surface area contributed by atoms with Gasteiger partial charge in [-0.3, -0.25) is 0 Å². The molecule has 0 aliphatic heterocycles. The molecule has 0 radical (unpaired) electrons. The Hall–Kier alpha value is -0.960. The first-order valence-electron chi connectivity index (χ1n) is 4.62. The van der Waals surface area contributed by atoms with Crippen LogP contribution in [0.3, 0.4) is 0 Å². The van der Waals surface area contributed by atoms with Gasteiger partial charge in [-0.25, -0.2) is 8.78 Å². The Labute approximate surface area is 81.4 Å². The Morgan fingerprint density at radius 3 is 2.14 bits per heavy atom. The van der Waals surface area contributed by atoms with Gasteiger partial charge in [-0.05, 0) is 5.56 Å². The summed E-state index contributed by atoms with van der Waals surface area (Å²) in [6.07, 6.45) is -0.471. The number of alkyl halides is 2. The van der Waals surface area contributed by atoms with Crippen LogP contribution in [0.1, 0.15) is 18.4 Å². The molecule has 14 heavy (non-hydrogen) atoms. The summed E-state index contributed by atoms with van der Waals surface area (Å²) >= 11 is 0. The summed E-state index contributed by atoms with van der Waals surface area (Å²) in [6.45, 7) is -0.202. The second-order valence-electron chi connectivity index (χ2n) is 4.01. The van der Waals surface area contributed by atoms with Crippen molar-refractivity contribution in [3.63, 3.8) is 0 Å². The first kappa shape index (κ1) is 9.59. The minimum atomic E-state index is -2.60. The van der Waals surface area contributed by atoms with Gasteiger partial charge in [0.25, 0.3) is 0 Å². The average Bonchev–Trinajstić information content (AvgIpc) is 2.15. The molecule has 1 aliphatic rings. The van der Waals surface area contributed by atoms with Crippen molar-refractivity contribution >= 4 is 0 Å². The van der Waals surface area contributed by atoms with Crippen LogP contribution in [0.15, 0.2) is 30.3 Å². The third-order valence-electron chi connectivity index (χ3n) is 2.88. The predicted molar refractivity (Wildman–Crippen MR) is 49.4 cm³/mol. The summed E-state index contributed by atoms with van der Waals surface area (Å²) in [5.74, 6) is -2.60. The van der Waals surface area contributed by atoms with Gasteiger partial charge in [-0.15, -0.1) is 0 Å². The average molecular weight is 198 g/mol. The maximum atomic E-state index is 12.8. The lowest BCUT2D eigenvalue weighted by atomic mass is 9.62. The van der Waals surface area contributed by atoms with Gasteiger partial charge in [0, 0.05) is 18.3 Å². The molecule has 0 aromatic heterocycles. The fraction of sp³-hybridized carbons (Fsp3) is 0.455. The lowest BCUT2D eigenvalue weighted by Crippen LogP contribution is -2.51. The second-order valence-corrected chi connectivity index (χ2v) is 4.01. The fourth-order valence-corrected chi connectivity index (χ4v) is 2.14. The number of benzene rings is 1. The summed E-state index contributed by atoms with van der Waals surface area (Å²) in [6, 6.07) is 9.05. The molecule has 1 saturated carbocycles. The van der Waals surface area contributed by atoms with E-state index in [0.717, 1.165) is 5.56 Å². The maximum Gasteiger partial charge on any atom is 0.250 e. The third kappa shape index (κ3) is 1.42. The van der Waals surface area contributed by atoms with Gasteiger partial charge in [0.1, 0.15) is 0 Å². The molecule has 0 saturated heterocycles. The molecule has 1 nitrogen and oxygen atoms in total. The third-order valence-corrected chi connectivity index (χ3v) is 2.88. The first-order chi connectivity index (χ1) is 6.58. The van der Waals surface area contributed by atoms with Crippen LogP contribution in [-0.2, 0) is 5.41 Å². The molecule has 76 valence electrons. The highest BCUT2D eigenvalue weighted by atomic mass is 19.3. The number of halogens is 2. The van der Waals surface area contributed by atoms with Gasteiger partial charge in [-0.1, -0.05) is 30.3 Å². The van der Waals surface area contributed by atoms with Crippen molar-refractivity contribution in [1.29, 1.82) is 0 Å². The summed E-state index contributed by atoms with van der Waals surface area (Å²) in [5, 5.41) is 9.19. The Bertz CT molecular complexity index is 313. The summed E-state index contributed by atoms with van der Waals surface area (Å²) < 4.78 is 25.6. The molecule has 1 N–H and O–H groups in total. The number of rotatable bonds is 2. The minimum absolute atomic E-state index is 0.202. The second kappa shape index (κ2) is 3.02. The number of hydrogen-bond acceptors (Lipinski definition) is 1. The Balaban J connectivity index is 2.25. The molecule has 1 aromatic rings. The van der Waals surface area contributed by atoms with E-state index in [-0.39, 0.29) is 19.4 Å². The van der Waals surface area contributed by atoms with E-state index < -0.39 is 11.3 Å². The van der Waals surface area contributed by atoms with Crippen molar-refractivity contribution in [3.8, 4) is 0 Å². The van der Waals surface area contributed by atoms with Crippen LogP contribution in [0, 0.1) is 0 Å². The van der Waals surface area contributed by atoms with Gasteiger partial charge in [0.2, 0.25) is 5.92 Å². The maximum absolute atomic E-state index is 12.8. The highest BCUT2D eigenvalue weighted by Crippen LogP contribution is 2.52. The zero-order valence-corrected chi connectivity index (χ0v) is 7.71. The van der Waals surface area contributed by atoms with Gasteiger partial charge < -0.3 is 5.11 Å². The van der Waals surface area contributed by atoms with Crippen LogP contribution in [-0.4, -0.2) is 17.6 Å². The van der Waals surface area contributed by atoms with Gasteiger partial charge >= 0.3 is 0 Å². The van der Waals surface area contributed by atoms with Crippen LogP contribution in [0.25, 0.3) is 0 Å². The molecule has 0 atom stereocenters. The van der Waals surface area contributed by atoms with Crippen molar-refractivity contribution in [2.24, 2.45) is 0 Å². The van der Waals surface area contributed by atoms with Gasteiger partial charge in [-0.2, -0.15) is 0 Å². The monoisotopic (exact) mass is 198 g/mol. The van der Waals surface area contributed by atoms with E-state index in [1.807, 2.05) is 18.2 Å². The lowest BCUT2D eigenvalue weighted by Gasteiger charge is -2.46. The molecule has 0 unspecified atom stereocenters. The summed E-state index contributed by atoms with van der Waals surface area (Å²) in [5.41, 5.74) is 0.110. The molecule has 0 heterocycles. The molecule has 2 rings (SSSR count). The highest BCUT2D eigenvalue weighted by molar-refractivity contribution is 5.30. The molecule has 3 heteroatoms. The molecule has 1 fully saturated rings. The Morgan fingerprint density at radius 2 is 1.71 bits per heavy atom. The highest BCUT2D eigenvalue weighted by Gasteiger charge is 2.56. The van der Waals surface area contributed by atoms with Crippen LogP contribution >= 0.6 is 0 Å². The summed E-state index contributed by atoms with van der Waals surface area (Å²) in [4.78, 5) is 0. The minimum Gasteiger partial charge on any atom is -0.395 e. The molecular formula is C11H12F2O. The lowest BCUT2D eigenvalue weighted by molar-refractivity contribution is -0.139. The van der Waals surface area contributed by atoms with Crippen LogP contribution < -0.4 is 0 Å². The largest absolute Gasteiger partial charge is 0.395 e. The van der Waals surface area contributed by atoms with E-state index in [0.29, 0.717) is 0 Å². The van der Waals surface area contributed by atoms with Crippen molar-refractivity contribution in [3.05, 3.63) is 35.9 Å². The molecule has 1 aliphatic carbocycles. The normalized spacial score (nSPS) is 22.8. The van der Waals surface area contributed by atoms with Crippen LogP contribution in [0.5, 0.6) is 0 Å². The SMILES string of the molecule is OCC1(c2ccccc2)CC(F)(F)C1. The van der Waals surface area contributed by atoms with E-state index in [4.69, 9.17) is 0 Å². The molecular weight excluding hydrogens is 186 g/mol. The quantitative estimate of drug-likeness (QED) is 0.773. The molecule has 0 amide bonds. The Morgan fingerprint density at radius 1 is 1.14 bits per heavy atom. The predicted octanol–water partition coefficient (Wildman–Crippen LogP) is 2.35. The van der Waals surface area contributed by atoms with E-state index in [2.05, 4.69) is 0 Å². The van der Waals surface area contributed by atoms with E-state index in [1.165, 1.54) is 0 Å². The smallest absolute Gasteiger partial charge is 0.250 e. The zero-order chi connectivity index (χ0) is 10.2. The molecule has 1 aromatic carbocycles. The van der Waals surface area contributed by atoms with Crippen molar-refractivity contribution in [2.45, 2.75) is 24.2 Å². The first-order valence-corrected chi connectivity index (χ1v) is 4.62. The van der Waals surface area contributed by atoms with Crippen molar-refractivity contribution in [1.82, 2.24) is 0 Å². The standard InChI is InChI=1S/C11H12F2O/c12-11(13)6-10(7-11,8-14)9-4-2-1-3-5-9/h1-5,14H,6-8H2. The zero-order valence-electron chi connectivity index (χ0n) is 7.71. The number of hydrogen-bond donors (Lipinski definition) is 1. The van der Waals surface area contributed by atoms with Crippen molar-refractivity contribution < 1.29 is 13.9 Å². The number of aliphatic hydroxyl groups excluding tert-OH is 1.